The number of anilines is 1. The third-order valence-corrected chi connectivity index (χ3v) is 5.47. The minimum absolute atomic E-state index is 0.00934. The minimum atomic E-state index is 0.00934. The lowest BCUT2D eigenvalue weighted by atomic mass is 9.96. The molecular formula is C25H27N3O. The van der Waals surface area contributed by atoms with E-state index < -0.39 is 0 Å². The molecule has 2 aromatic carbocycles. The normalized spacial score (nSPS) is 17.1. The molecule has 4 nitrogen and oxygen atoms in total. The zero-order valence-electron chi connectivity index (χ0n) is 16.8. The van der Waals surface area contributed by atoms with Crippen molar-refractivity contribution in [1.82, 2.24) is 9.88 Å². The first-order chi connectivity index (χ1) is 14.2. The molecule has 0 aliphatic carbocycles. The topological polar surface area (TPSA) is 45.2 Å². The molecule has 1 fully saturated rings. The summed E-state index contributed by atoms with van der Waals surface area (Å²) in [7, 11) is 0. The Kier molecular flexibility index (Phi) is 6.01. The first-order valence-corrected chi connectivity index (χ1v) is 10.3. The molecule has 0 unspecified atom stereocenters. The SMILES string of the molecule is Cc1cccc(-c2cccc(NC(=O)[C@H]3CCCN(Cc4ccccn4)C3)c2)c1. The number of carbonyl (C=O) groups is 1. The molecule has 4 heteroatoms. The van der Waals surface area contributed by atoms with Crippen LogP contribution in [0.5, 0.6) is 0 Å². The summed E-state index contributed by atoms with van der Waals surface area (Å²) in [6.45, 7) is 4.69. The van der Waals surface area contributed by atoms with Crippen LogP contribution in [-0.4, -0.2) is 28.9 Å². The number of pyridine rings is 1. The quantitative estimate of drug-likeness (QED) is 0.679. The van der Waals surface area contributed by atoms with Crippen molar-refractivity contribution < 1.29 is 4.79 Å². The molecule has 29 heavy (non-hydrogen) atoms. The highest BCUT2D eigenvalue weighted by atomic mass is 16.1. The Bertz CT molecular complexity index is 971. The number of rotatable bonds is 5. The second kappa shape index (κ2) is 9.01. The number of hydrogen-bond acceptors (Lipinski definition) is 3. The molecule has 1 atom stereocenters. The van der Waals surface area contributed by atoms with Gasteiger partial charge < -0.3 is 5.32 Å². The molecule has 2 heterocycles. The average Bonchev–Trinajstić information content (AvgIpc) is 2.75. The van der Waals surface area contributed by atoms with Crippen LogP contribution in [0, 0.1) is 12.8 Å². The molecule has 148 valence electrons. The number of likely N-dealkylation sites (tertiary alicyclic amines) is 1. The van der Waals surface area contributed by atoms with E-state index in [1.54, 1.807) is 0 Å². The zero-order chi connectivity index (χ0) is 20.1. The first-order valence-electron chi connectivity index (χ1n) is 10.3. The van der Waals surface area contributed by atoms with Crippen molar-refractivity contribution >= 4 is 11.6 Å². The Morgan fingerprint density at radius 1 is 1.07 bits per heavy atom. The largest absolute Gasteiger partial charge is 0.326 e. The predicted molar refractivity (Wildman–Crippen MR) is 117 cm³/mol. The molecule has 1 aliphatic rings. The molecule has 0 saturated carbocycles. The first kappa shape index (κ1) is 19.3. The number of amides is 1. The van der Waals surface area contributed by atoms with Gasteiger partial charge in [0.25, 0.3) is 0 Å². The van der Waals surface area contributed by atoms with E-state index in [0.717, 1.165) is 49.4 Å². The Morgan fingerprint density at radius 2 is 1.90 bits per heavy atom. The summed E-state index contributed by atoms with van der Waals surface area (Å²) >= 11 is 0. The third-order valence-electron chi connectivity index (χ3n) is 5.47. The molecule has 1 aromatic heterocycles. The van der Waals surface area contributed by atoms with Gasteiger partial charge in [0.2, 0.25) is 5.91 Å². The van der Waals surface area contributed by atoms with Gasteiger partial charge in [0, 0.05) is 25.0 Å². The highest BCUT2D eigenvalue weighted by Gasteiger charge is 2.26. The molecule has 3 aromatic rings. The number of hydrogen-bond donors (Lipinski definition) is 1. The van der Waals surface area contributed by atoms with E-state index in [-0.39, 0.29) is 11.8 Å². The van der Waals surface area contributed by atoms with Gasteiger partial charge in [-0.2, -0.15) is 0 Å². The lowest BCUT2D eigenvalue weighted by Crippen LogP contribution is -2.40. The summed E-state index contributed by atoms with van der Waals surface area (Å²) in [5.74, 6) is 0.118. The number of carbonyl (C=O) groups excluding carboxylic acids is 1. The van der Waals surface area contributed by atoms with Crippen molar-refractivity contribution in [3.8, 4) is 11.1 Å². The summed E-state index contributed by atoms with van der Waals surface area (Å²) in [6.07, 6.45) is 3.79. The predicted octanol–water partition coefficient (Wildman–Crippen LogP) is 4.91. The van der Waals surface area contributed by atoms with Gasteiger partial charge in [0.1, 0.15) is 0 Å². The lowest BCUT2D eigenvalue weighted by molar-refractivity contribution is -0.121. The van der Waals surface area contributed by atoms with E-state index in [2.05, 4.69) is 58.5 Å². The standard InChI is InChI=1S/C25H27N3O/c1-19-7-4-8-20(15-19)21-9-5-12-23(16-21)27-25(29)22-10-6-14-28(17-22)18-24-11-2-3-13-26-24/h2-5,7-9,11-13,15-16,22H,6,10,14,17-18H2,1H3,(H,27,29)/t22-/m0/s1. The number of nitrogens with one attached hydrogen (secondary N) is 1. The van der Waals surface area contributed by atoms with Crippen molar-refractivity contribution in [2.75, 3.05) is 18.4 Å². The smallest absolute Gasteiger partial charge is 0.228 e. The molecule has 0 spiro atoms. The van der Waals surface area contributed by atoms with E-state index in [0.29, 0.717) is 0 Å². The summed E-state index contributed by atoms with van der Waals surface area (Å²) in [6, 6.07) is 22.5. The summed E-state index contributed by atoms with van der Waals surface area (Å²) < 4.78 is 0. The van der Waals surface area contributed by atoms with Crippen LogP contribution >= 0.6 is 0 Å². The van der Waals surface area contributed by atoms with Crippen LogP contribution in [0.2, 0.25) is 0 Å². The molecule has 1 aliphatic heterocycles. The van der Waals surface area contributed by atoms with E-state index in [4.69, 9.17) is 0 Å². The highest BCUT2D eigenvalue weighted by Crippen LogP contribution is 2.25. The number of nitrogens with zero attached hydrogens (tertiary/aromatic N) is 2. The average molecular weight is 386 g/mol. The summed E-state index contributed by atoms with van der Waals surface area (Å²) in [5, 5.41) is 3.14. The van der Waals surface area contributed by atoms with Crippen LogP contribution in [0.3, 0.4) is 0 Å². The van der Waals surface area contributed by atoms with Gasteiger partial charge in [-0.1, -0.05) is 48.0 Å². The fourth-order valence-electron chi connectivity index (χ4n) is 3.98. The Labute approximate surface area is 172 Å². The number of benzene rings is 2. The van der Waals surface area contributed by atoms with Crippen molar-refractivity contribution in [2.24, 2.45) is 5.92 Å². The third kappa shape index (κ3) is 5.09. The van der Waals surface area contributed by atoms with Gasteiger partial charge in [-0.15, -0.1) is 0 Å². The van der Waals surface area contributed by atoms with E-state index in [9.17, 15) is 4.79 Å². The van der Waals surface area contributed by atoms with Gasteiger partial charge in [-0.25, -0.2) is 0 Å². The van der Waals surface area contributed by atoms with Crippen molar-refractivity contribution in [3.63, 3.8) is 0 Å². The minimum Gasteiger partial charge on any atom is -0.326 e. The van der Waals surface area contributed by atoms with E-state index >= 15 is 0 Å². The maximum absolute atomic E-state index is 12.9. The zero-order valence-corrected chi connectivity index (χ0v) is 16.8. The number of piperidine rings is 1. The van der Waals surface area contributed by atoms with Crippen LogP contribution in [0.15, 0.2) is 72.9 Å². The maximum atomic E-state index is 12.9. The van der Waals surface area contributed by atoms with Crippen molar-refractivity contribution in [2.45, 2.75) is 26.3 Å². The molecule has 0 bridgehead atoms. The monoisotopic (exact) mass is 385 g/mol. The van der Waals surface area contributed by atoms with E-state index in [1.807, 2.05) is 36.5 Å². The van der Waals surface area contributed by atoms with Crippen LogP contribution in [0.1, 0.15) is 24.1 Å². The second-order valence-corrected chi connectivity index (χ2v) is 7.83. The Hall–Kier alpha value is -2.98. The molecule has 1 N–H and O–H groups in total. The van der Waals surface area contributed by atoms with Gasteiger partial charge in [-0.05, 0) is 61.7 Å². The second-order valence-electron chi connectivity index (χ2n) is 7.83. The van der Waals surface area contributed by atoms with Gasteiger partial charge >= 0.3 is 0 Å². The maximum Gasteiger partial charge on any atom is 0.228 e. The van der Waals surface area contributed by atoms with Crippen molar-refractivity contribution in [3.05, 3.63) is 84.2 Å². The van der Waals surface area contributed by atoms with Crippen LogP contribution in [0.25, 0.3) is 11.1 Å². The van der Waals surface area contributed by atoms with Crippen LogP contribution < -0.4 is 5.32 Å². The van der Waals surface area contributed by atoms with Gasteiger partial charge in [-0.3, -0.25) is 14.7 Å². The Morgan fingerprint density at radius 3 is 2.69 bits per heavy atom. The molecule has 0 radical (unpaired) electrons. The highest BCUT2D eigenvalue weighted by molar-refractivity contribution is 5.93. The molecule has 4 rings (SSSR count). The lowest BCUT2D eigenvalue weighted by Gasteiger charge is -2.31. The van der Waals surface area contributed by atoms with Crippen LogP contribution in [-0.2, 0) is 11.3 Å². The number of aryl methyl sites for hydroxylation is 1. The molecular weight excluding hydrogens is 358 g/mol. The fourth-order valence-corrected chi connectivity index (χ4v) is 3.98. The fraction of sp³-hybridized carbons (Fsp3) is 0.280. The summed E-state index contributed by atoms with van der Waals surface area (Å²) in [4.78, 5) is 19.7. The Balaban J connectivity index is 1.40. The van der Waals surface area contributed by atoms with Gasteiger partial charge in [0.15, 0.2) is 0 Å². The van der Waals surface area contributed by atoms with Crippen LogP contribution in [0.4, 0.5) is 5.69 Å². The van der Waals surface area contributed by atoms with Gasteiger partial charge in [0.05, 0.1) is 11.6 Å². The van der Waals surface area contributed by atoms with E-state index in [1.165, 1.54) is 11.1 Å². The molecule has 1 saturated heterocycles. The molecule has 1 amide bonds. The van der Waals surface area contributed by atoms with Crippen molar-refractivity contribution in [1.29, 1.82) is 0 Å². The number of aromatic nitrogens is 1. The summed E-state index contributed by atoms with van der Waals surface area (Å²) in [5.41, 5.74) is 5.43.